The first kappa shape index (κ1) is 40.9. The number of likely N-dealkylation sites (N-methyl/N-ethyl adjacent to an activating group) is 1. The van der Waals surface area contributed by atoms with Crippen LogP contribution in [0.1, 0.15) is 84.5 Å². The van der Waals surface area contributed by atoms with Crippen LogP contribution in [0.25, 0.3) is 0 Å². The van der Waals surface area contributed by atoms with Crippen molar-refractivity contribution in [3.05, 3.63) is 11.1 Å². The molecule has 14 nitrogen and oxygen atoms in total. The van der Waals surface area contributed by atoms with E-state index in [4.69, 9.17) is 19.5 Å². The highest BCUT2D eigenvalue weighted by Gasteiger charge is 2.36. The summed E-state index contributed by atoms with van der Waals surface area (Å²) in [6.07, 6.45) is 11.7. The molecule has 16 heteroatoms. The molecule has 2 aliphatic heterocycles. The Balaban J connectivity index is 1.05. The lowest BCUT2D eigenvalue weighted by molar-refractivity contribution is -0.132. The van der Waals surface area contributed by atoms with E-state index >= 15 is 0 Å². The molecule has 2 aliphatic carbocycles. The van der Waals surface area contributed by atoms with Gasteiger partial charge in [-0.2, -0.15) is 0 Å². The Morgan fingerprint density at radius 3 is 2.12 bits per heavy atom. The van der Waals surface area contributed by atoms with Gasteiger partial charge < -0.3 is 41.0 Å². The molecule has 51 heavy (non-hydrogen) atoms. The minimum Gasteiger partial charge on any atom is -0.362 e. The van der Waals surface area contributed by atoms with E-state index in [1.165, 1.54) is 44.8 Å². The molecule has 2 fully saturated rings. The van der Waals surface area contributed by atoms with Crippen molar-refractivity contribution in [2.24, 2.45) is 15.9 Å². The Labute approximate surface area is 311 Å². The van der Waals surface area contributed by atoms with Crippen LogP contribution in [0.2, 0.25) is 0 Å². The fourth-order valence-electron chi connectivity index (χ4n) is 6.41. The summed E-state index contributed by atoms with van der Waals surface area (Å²) in [5.74, 6) is 0.184. The van der Waals surface area contributed by atoms with Crippen molar-refractivity contribution < 1.29 is 28.7 Å². The zero-order valence-corrected chi connectivity index (χ0v) is 32.2. The SMILES string of the molecule is CNC(=O)COCC(=O)NCCCCNC(=O)COCC(=O)NCC1CCC(N=C(NC2CCCCC2)SCC2=CSC3=NC(C)(C)CN23)CC1. The number of ether oxygens (including phenoxy) is 2. The molecule has 286 valence electrons. The predicted octanol–water partition coefficient (Wildman–Crippen LogP) is 2.50. The molecule has 0 aromatic carbocycles. The van der Waals surface area contributed by atoms with Gasteiger partial charge in [0, 0.05) is 50.7 Å². The molecule has 0 aromatic heterocycles. The topological polar surface area (TPSA) is 175 Å². The Morgan fingerprint density at radius 2 is 1.49 bits per heavy atom. The average molecular weight is 751 g/mol. The van der Waals surface area contributed by atoms with Gasteiger partial charge in [-0.1, -0.05) is 42.8 Å². The monoisotopic (exact) mass is 750 g/mol. The van der Waals surface area contributed by atoms with Crippen molar-refractivity contribution in [3.63, 3.8) is 0 Å². The van der Waals surface area contributed by atoms with E-state index in [1.807, 2.05) is 11.8 Å². The van der Waals surface area contributed by atoms with Crippen molar-refractivity contribution in [1.29, 1.82) is 0 Å². The van der Waals surface area contributed by atoms with Crippen LogP contribution in [0.15, 0.2) is 21.1 Å². The number of hydrogen-bond donors (Lipinski definition) is 5. The van der Waals surface area contributed by atoms with E-state index in [-0.39, 0.29) is 61.6 Å². The lowest BCUT2D eigenvalue weighted by Crippen LogP contribution is -2.37. The van der Waals surface area contributed by atoms with Gasteiger partial charge in [0.1, 0.15) is 26.4 Å². The first-order valence-electron chi connectivity index (χ1n) is 18.5. The highest BCUT2D eigenvalue weighted by molar-refractivity contribution is 8.17. The van der Waals surface area contributed by atoms with Crippen LogP contribution in [0.5, 0.6) is 0 Å². The first-order chi connectivity index (χ1) is 24.6. The van der Waals surface area contributed by atoms with Crippen LogP contribution in [0, 0.1) is 5.92 Å². The molecule has 0 atom stereocenters. The van der Waals surface area contributed by atoms with Gasteiger partial charge >= 0.3 is 0 Å². The molecule has 5 N–H and O–H groups in total. The van der Waals surface area contributed by atoms with E-state index in [0.29, 0.717) is 44.4 Å². The number of nitrogens with zero attached hydrogens (tertiary/aromatic N) is 3. The lowest BCUT2D eigenvalue weighted by Gasteiger charge is -2.29. The fraction of sp³-hybridized carbons (Fsp3) is 0.771. The summed E-state index contributed by atoms with van der Waals surface area (Å²) < 4.78 is 10.3. The quantitative estimate of drug-likeness (QED) is 0.0750. The minimum absolute atomic E-state index is 0.0362. The van der Waals surface area contributed by atoms with Crippen LogP contribution in [0.3, 0.4) is 0 Å². The summed E-state index contributed by atoms with van der Waals surface area (Å²) in [6, 6.07) is 0.785. The van der Waals surface area contributed by atoms with Crippen LogP contribution in [0.4, 0.5) is 0 Å². The molecule has 4 rings (SSSR count). The Bertz CT molecular complexity index is 1260. The predicted molar refractivity (Wildman–Crippen MR) is 204 cm³/mol. The van der Waals surface area contributed by atoms with Crippen molar-refractivity contribution >= 4 is 57.5 Å². The van der Waals surface area contributed by atoms with E-state index in [1.54, 1.807) is 11.8 Å². The summed E-state index contributed by atoms with van der Waals surface area (Å²) in [6.45, 7) is 6.09. The zero-order chi connectivity index (χ0) is 36.5. The third-order valence-electron chi connectivity index (χ3n) is 9.27. The third-order valence-corrected chi connectivity index (χ3v) is 11.1. The summed E-state index contributed by atoms with van der Waals surface area (Å²) in [7, 11) is 1.50. The van der Waals surface area contributed by atoms with E-state index in [2.05, 4.69) is 50.7 Å². The molecule has 4 aliphatic rings. The molecule has 2 saturated carbocycles. The maximum atomic E-state index is 12.4. The van der Waals surface area contributed by atoms with Crippen LogP contribution in [-0.2, 0) is 28.7 Å². The number of hydrogen-bond acceptors (Lipinski definition) is 11. The molecule has 0 spiro atoms. The van der Waals surface area contributed by atoms with Crippen LogP contribution < -0.4 is 26.6 Å². The van der Waals surface area contributed by atoms with Crippen molar-refractivity contribution in [2.45, 2.75) is 102 Å². The van der Waals surface area contributed by atoms with Crippen LogP contribution >= 0.6 is 23.5 Å². The van der Waals surface area contributed by atoms with E-state index < -0.39 is 0 Å². The maximum Gasteiger partial charge on any atom is 0.246 e. The molecule has 4 amide bonds. The second-order valence-electron chi connectivity index (χ2n) is 14.3. The van der Waals surface area contributed by atoms with Gasteiger partial charge in [0.25, 0.3) is 0 Å². The number of carbonyl (C=O) groups excluding carboxylic acids is 4. The van der Waals surface area contributed by atoms with Crippen LogP contribution in [-0.4, -0.2) is 122 Å². The minimum atomic E-state index is -0.300. The van der Waals surface area contributed by atoms with E-state index in [9.17, 15) is 19.2 Å². The van der Waals surface area contributed by atoms with Gasteiger partial charge in [0.15, 0.2) is 10.3 Å². The summed E-state index contributed by atoms with van der Waals surface area (Å²) in [5.41, 5.74) is 1.28. The molecule has 0 aromatic rings. The third kappa shape index (κ3) is 15.4. The van der Waals surface area contributed by atoms with Gasteiger partial charge in [0.05, 0.1) is 11.6 Å². The molecular formula is C35H58N8O6S2. The average Bonchev–Trinajstić information content (AvgIpc) is 3.63. The Kier molecular flexibility index (Phi) is 17.4. The number of amides is 4. The fourth-order valence-corrected chi connectivity index (χ4v) is 8.57. The molecule has 0 radical (unpaired) electrons. The van der Waals surface area contributed by atoms with Gasteiger partial charge in [-0.25, -0.2) is 0 Å². The molecule has 0 saturated heterocycles. The smallest absolute Gasteiger partial charge is 0.246 e. The summed E-state index contributed by atoms with van der Waals surface area (Å²) >= 11 is 3.56. The molecular weight excluding hydrogens is 693 g/mol. The number of aliphatic imine (C=N–C) groups is 2. The van der Waals surface area contributed by atoms with Gasteiger partial charge in [-0.3, -0.25) is 29.2 Å². The number of thioether (sulfide) groups is 2. The summed E-state index contributed by atoms with van der Waals surface area (Å²) in [4.78, 5) is 59.6. The lowest BCUT2D eigenvalue weighted by atomic mass is 9.86. The Morgan fingerprint density at radius 1 is 0.882 bits per heavy atom. The first-order valence-corrected chi connectivity index (χ1v) is 20.3. The molecule has 2 heterocycles. The number of unbranched alkanes of at least 4 members (excludes halogenated alkanes) is 1. The van der Waals surface area contributed by atoms with Gasteiger partial charge in [0.2, 0.25) is 23.6 Å². The number of fused-ring (bicyclic) bond motifs is 1. The largest absolute Gasteiger partial charge is 0.362 e. The zero-order valence-electron chi connectivity index (χ0n) is 30.6. The highest BCUT2D eigenvalue weighted by atomic mass is 32.2. The normalized spacial score (nSPS) is 21.7. The van der Waals surface area contributed by atoms with Crippen molar-refractivity contribution in [2.75, 3.05) is 65.4 Å². The van der Waals surface area contributed by atoms with Gasteiger partial charge in [-0.15, -0.1) is 0 Å². The molecule has 0 unspecified atom stereocenters. The second kappa shape index (κ2) is 21.6. The van der Waals surface area contributed by atoms with Crippen molar-refractivity contribution in [1.82, 2.24) is 31.5 Å². The molecule has 0 bridgehead atoms. The van der Waals surface area contributed by atoms with Gasteiger partial charge in [-0.05, 0) is 76.5 Å². The maximum absolute atomic E-state index is 12.4. The van der Waals surface area contributed by atoms with E-state index in [0.717, 1.165) is 48.3 Å². The second-order valence-corrected chi connectivity index (χ2v) is 16.1. The summed E-state index contributed by atoms with van der Waals surface area (Å²) in [5, 5.41) is 19.1. The number of carbonyl (C=O) groups is 4. The number of rotatable bonds is 19. The standard InChI is InChI=1S/C35H58N8O6S2/c1-35(2)24-43-28(23-51-34(43)42-35)22-50-33(40-26-9-5-4-6-10-26)41-27-13-11-25(12-14-27)17-39-32(47)21-49-20-31(46)38-16-8-7-15-37-30(45)19-48-18-29(44)36-3/h23,25-27H,4-22,24H2,1-3H3,(H,36,44)(H,37,45)(H,38,46)(H,39,47)(H,40,41). The highest BCUT2D eigenvalue weighted by Crippen LogP contribution is 2.37. The number of amidine groups is 2. The van der Waals surface area contributed by atoms with Crippen molar-refractivity contribution in [3.8, 4) is 0 Å². The number of nitrogens with one attached hydrogen (secondary N) is 5. The Hall–Kier alpha value is -2.82.